The number of rotatable bonds is 10. The molecule has 1 aromatic heterocycles. The molecule has 0 fully saturated rings. The van der Waals surface area contributed by atoms with Gasteiger partial charge in [0.2, 0.25) is 0 Å². The van der Waals surface area contributed by atoms with E-state index in [2.05, 4.69) is 221 Å². The summed E-state index contributed by atoms with van der Waals surface area (Å²) in [6.45, 7) is 0. The number of ether oxygens (including phenoxy) is 1. The molecule has 54 heavy (non-hydrogen) atoms. The summed E-state index contributed by atoms with van der Waals surface area (Å²) in [5.41, 5.74) is 9.67. The van der Waals surface area contributed by atoms with Crippen LogP contribution in [0.5, 0.6) is 5.75 Å². The van der Waals surface area contributed by atoms with Gasteiger partial charge < -0.3 is 19.4 Å². The Labute approximate surface area is 320 Å². The lowest BCUT2D eigenvalue weighted by atomic mass is 10.0. The topological polar surface area (TPSA) is 19.0 Å². The molecule has 4 nitrogen and oxygen atoms in total. The highest BCUT2D eigenvalue weighted by Crippen LogP contribution is 2.53. The summed E-state index contributed by atoms with van der Waals surface area (Å²) in [5, 5.41) is 2.27. The lowest BCUT2D eigenvalue weighted by Crippen LogP contribution is -2.13. The molecule has 260 valence electrons. The second-order valence-corrected chi connectivity index (χ2v) is 14.0. The number of fused-ring (bicyclic) bond motifs is 3. The van der Waals surface area contributed by atoms with Gasteiger partial charge in [-0.05, 0) is 97.1 Å². The Bertz CT molecular complexity index is 2520. The Balaban J connectivity index is 1.43. The molecule has 0 saturated carbocycles. The van der Waals surface area contributed by atoms with Crippen LogP contribution in [0, 0.1) is 0 Å². The predicted octanol–water partition coefficient (Wildman–Crippen LogP) is 14.5. The molecule has 0 unspecified atom stereocenters. The predicted molar refractivity (Wildman–Crippen MR) is 230 cm³/mol. The number of para-hydroxylation sites is 6. The molecular weight excluding hydrogens is 679 g/mol. The molecule has 0 N–H and O–H groups in total. The van der Waals surface area contributed by atoms with E-state index < -0.39 is 0 Å². The fourth-order valence-electron chi connectivity index (χ4n) is 7.31. The third-order valence-electron chi connectivity index (χ3n) is 9.67. The van der Waals surface area contributed by atoms with Crippen LogP contribution in [0.2, 0.25) is 0 Å². The van der Waals surface area contributed by atoms with Crippen LogP contribution in [0.15, 0.2) is 206 Å². The molecule has 0 saturated heterocycles. The standard InChI is InChI=1S/C49H37N3OS/c1-53-46-33-32-44(51(38-24-12-4-13-25-38)39-26-14-5-15-27-39)47-43-34-42(50(36-20-8-2-9-21-36)37-22-10-3-11-23-37)35-45(48(43)54-49(46)47)52(40-28-16-6-17-29-40)41-30-18-7-19-31-41/h2-35H,1H3. The van der Waals surface area contributed by atoms with Crippen molar-refractivity contribution in [3.63, 3.8) is 0 Å². The minimum absolute atomic E-state index is 0.845. The van der Waals surface area contributed by atoms with E-state index in [4.69, 9.17) is 4.74 Å². The molecule has 0 atom stereocenters. The first kappa shape index (κ1) is 33.0. The van der Waals surface area contributed by atoms with Gasteiger partial charge in [-0.2, -0.15) is 0 Å². The van der Waals surface area contributed by atoms with E-state index in [0.717, 1.165) is 77.1 Å². The van der Waals surface area contributed by atoms with Crippen molar-refractivity contribution in [1.29, 1.82) is 0 Å². The van der Waals surface area contributed by atoms with Crippen LogP contribution in [0.3, 0.4) is 0 Å². The summed E-state index contributed by atoms with van der Waals surface area (Å²) in [6, 6.07) is 72.8. The van der Waals surface area contributed by atoms with Crippen LogP contribution in [-0.4, -0.2) is 7.11 Å². The van der Waals surface area contributed by atoms with Crippen LogP contribution in [0.25, 0.3) is 20.2 Å². The molecule has 0 aliphatic rings. The third kappa shape index (κ3) is 6.11. The molecular formula is C49H37N3OS. The summed E-state index contributed by atoms with van der Waals surface area (Å²) in [7, 11) is 1.77. The quantitative estimate of drug-likeness (QED) is 0.140. The minimum Gasteiger partial charge on any atom is -0.495 e. The highest BCUT2D eigenvalue weighted by molar-refractivity contribution is 7.27. The van der Waals surface area contributed by atoms with E-state index in [0.29, 0.717) is 0 Å². The van der Waals surface area contributed by atoms with Gasteiger partial charge in [-0.1, -0.05) is 109 Å². The van der Waals surface area contributed by atoms with Gasteiger partial charge in [0.1, 0.15) is 5.75 Å². The molecule has 0 aliphatic heterocycles. The SMILES string of the molecule is COc1ccc(N(c2ccccc2)c2ccccc2)c2c1sc1c(N(c3ccccc3)c3ccccc3)cc(N(c3ccccc3)c3ccccc3)cc12. The molecule has 0 bridgehead atoms. The summed E-state index contributed by atoms with van der Waals surface area (Å²) in [5.74, 6) is 0.845. The Morgan fingerprint density at radius 2 is 0.722 bits per heavy atom. The molecule has 0 amide bonds. The van der Waals surface area contributed by atoms with Crippen molar-refractivity contribution in [2.45, 2.75) is 0 Å². The largest absolute Gasteiger partial charge is 0.495 e. The monoisotopic (exact) mass is 715 g/mol. The Morgan fingerprint density at radius 3 is 1.11 bits per heavy atom. The summed E-state index contributed by atoms with van der Waals surface area (Å²) >= 11 is 1.78. The fraction of sp³-hybridized carbons (Fsp3) is 0.0204. The van der Waals surface area contributed by atoms with Gasteiger partial charge in [0.15, 0.2) is 0 Å². The fourth-order valence-corrected chi connectivity index (χ4v) is 8.61. The number of thiophene rings is 1. The van der Waals surface area contributed by atoms with E-state index in [1.165, 1.54) is 0 Å². The van der Waals surface area contributed by atoms with E-state index in [-0.39, 0.29) is 0 Å². The number of anilines is 9. The van der Waals surface area contributed by atoms with Crippen molar-refractivity contribution in [3.05, 3.63) is 206 Å². The van der Waals surface area contributed by atoms with Gasteiger partial charge in [0.25, 0.3) is 0 Å². The van der Waals surface area contributed by atoms with Crippen LogP contribution >= 0.6 is 11.3 Å². The molecule has 0 radical (unpaired) electrons. The van der Waals surface area contributed by atoms with Crippen LogP contribution in [0.4, 0.5) is 51.2 Å². The van der Waals surface area contributed by atoms with Gasteiger partial charge in [-0.3, -0.25) is 0 Å². The average Bonchev–Trinajstić information content (AvgIpc) is 3.64. The van der Waals surface area contributed by atoms with E-state index >= 15 is 0 Å². The van der Waals surface area contributed by atoms with Crippen LogP contribution in [0.1, 0.15) is 0 Å². The maximum Gasteiger partial charge on any atom is 0.136 e. The van der Waals surface area contributed by atoms with Crippen LogP contribution < -0.4 is 19.4 Å². The molecule has 0 aliphatic carbocycles. The molecule has 5 heteroatoms. The van der Waals surface area contributed by atoms with Gasteiger partial charge in [-0.25, -0.2) is 0 Å². The lowest BCUT2D eigenvalue weighted by Gasteiger charge is -2.30. The highest BCUT2D eigenvalue weighted by atomic mass is 32.1. The second-order valence-electron chi connectivity index (χ2n) is 13.0. The smallest absolute Gasteiger partial charge is 0.136 e. The summed E-state index contributed by atoms with van der Waals surface area (Å²) in [6.07, 6.45) is 0. The number of hydrogen-bond acceptors (Lipinski definition) is 5. The lowest BCUT2D eigenvalue weighted by molar-refractivity contribution is 0.420. The molecule has 0 spiro atoms. The zero-order valence-electron chi connectivity index (χ0n) is 29.8. The first-order chi connectivity index (χ1) is 26.8. The van der Waals surface area contributed by atoms with E-state index in [1.54, 1.807) is 18.4 Å². The molecule has 1 heterocycles. The Morgan fingerprint density at radius 1 is 0.352 bits per heavy atom. The van der Waals surface area contributed by atoms with Gasteiger partial charge in [0.05, 0.1) is 27.9 Å². The number of methoxy groups -OCH3 is 1. The zero-order chi connectivity index (χ0) is 36.3. The van der Waals surface area contributed by atoms with Crippen molar-refractivity contribution in [2.24, 2.45) is 0 Å². The van der Waals surface area contributed by atoms with Gasteiger partial charge in [-0.15, -0.1) is 11.3 Å². The Hall–Kier alpha value is -6.82. The number of benzene rings is 8. The van der Waals surface area contributed by atoms with Gasteiger partial charge in [0, 0.05) is 50.6 Å². The van der Waals surface area contributed by atoms with Crippen molar-refractivity contribution in [3.8, 4) is 5.75 Å². The highest BCUT2D eigenvalue weighted by Gasteiger charge is 2.26. The number of nitrogens with zero attached hydrogens (tertiary/aromatic N) is 3. The second kappa shape index (κ2) is 14.7. The van der Waals surface area contributed by atoms with Crippen molar-refractivity contribution in [1.82, 2.24) is 0 Å². The Kier molecular flexibility index (Phi) is 8.97. The third-order valence-corrected chi connectivity index (χ3v) is 10.9. The summed E-state index contributed by atoms with van der Waals surface area (Å²) in [4.78, 5) is 7.10. The summed E-state index contributed by atoms with van der Waals surface area (Å²) < 4.78 is 8.41. The van der Waals surface area contributed by atoms with Crippen LogP contribution in [-0.2, 0) is 0 Å². The maximum absolute atomic E-state index is 6.16. The minimum atomic E-state index is 0.845. The molecule has 9 rings (SSSR count). The van der Waals surface area contributed by atoms with E-state index in [1.807, 2.05) is 0 Å². The molecule has 8 aromatic carbocycles. The van der Waals surface area contributed by atoms with Crippen molar-refractivity contribution < 1.29 is 4.74 Å². The molecule has 9 aromatic rings. The van der Waals surface area contributed by atoms with Crippen molar-refractivity contribution in [2.75, 3.05) is 21.8 Å². The number of hydrogen-bond donors (Lipinski definition) is 0. The zero-order valence-corrected chi connectivity index (χ0v) is 30.6. The van der Waals surface area contributed by atoms with Crippen molar-refractivity contribution >= 4 is 82.7 Å². The first-order valence-electron chi connectivity index (χ1n) is 18.1. The maximum atomic E-state index is 6.16. The van der Waals surface area contributed by atoms with E-state index in [9.17, 15) is 0 Å². The normalized spacial score (nSPS) is 11.1. The average molecular weight is 716 g/mol. The van der Waals surface area contributed by atoms with Gasteiger partial charge >= 0.3 is 0 Å². The first-order valence-corrected chi connectivity index (χ1v) is 18.9.